The zero-order valence-electron chi connectivity index (χ0n) is 13.2. The van der Waals surface area contributed by atoms with E-state index in [1.807, 2.05) is 13.0 Å². The van der Waals surface area contributed by atoms with Gasteiger partial charge in [0.2, 0.25) is 5.91 Å². The van der Waals surface area contributed by atoms with Crippen LogP contribution in [0.3, 0.4) is 0 Å². The molecule has 0 saturated carbocycles. The quantitative estimate of drug-likeness (QED) is 0.819. The number of pyridine rings is 1. The van der Waals surface area contributed by atoms with Crippen LogP contribution in [0.25, 0.3) is 0 Å². The largest absolute Gasteiger partial charge is 0.417 e. The maximum Gasteiger partial charge on any atom is 0.417 e. The predicted octanol–water partition coefficient (Wildman–Crippen LogP) is 2.73. The Hall–Kier alpha value is -2.08. The molecule has 0 aromatic carbocycles. The number of Topliss-reactive ketones (excluding diaryl/α,β-unsaturated/α-hetero) is 1. The molecule has 3 atom stereocenters. The van der Waals surface area contributed by atoms with Crippen molar-refractivity contribution in [1.29, 1.82) is 5.26 Å². The highest BCUT2D eigenvalue weighted by molar-refractivity contribution is 8.01. The number of hydrogen-bond acceptors (Lipinski definition) is 5. The van der Waals surface area contributed by atoms with Gasteiger partial charge < -0.3 is 4.90 Å². The summed E-state index contributed by atoms with van der Waals surface area (Å²) in [6.45, 7) is 1.88. The SMILES string of the molecule is CC12CCC(=O)N1C(C(=O)C(C#N)c1ccc(C(F)(F)F)cn1)CS2. The fraction of sp³-hybridized carbons (Fsp3) is 0.500. The molecule has 3 rings (SSSR count). The summed E-state index contributed by atoms with van der Waals surface area (Å²) in [7, 11) is 0. The summed E-state index contributed by atoms with van der Waals surface area (Å²) in [6, 6.07) is 2.91. The Kier molecular flexibility index (Phi) is 4.27. The van der Waals surface area contributed by atoms with Crippen LogP contribution < -0.4 is 0 Å². The van der Waals surface area contributed by atoms with Gasteiger partial charge in [0.1, 0.15) is 12.0 Å². The topological polar surface area (TPSA) is 74.1 Å². The van der Waals surface area contributed by atoms with E-state index in [9.17, 15) is 28.0 Å². The third kappa shape index (κ3) is 2.99. The van der Waals surface area contributed by atoms with Crippen molar-refractivity contribution in [2.45, 2.75) is 42.8 Å². The molecule has 0 aliphatic carbocycles. The van der Waals surface area contributed by atoms with Gasteiger partial charge in [0, 0.05) is 18.4 Å². The van der Waals surface area contributed by atoms with Crippen molar-refractivity contribution in [2.75, 3.05) is 5.75 Å². The number of carbonyl (C=O) groups is 2. The molecule has 1 aromatic heterocycles. The zero-order valence-corrected chi connectivity index (χ0v) is 14.0. The molecule has 3 heterocycles. The average Bonchev–Trinajstić information content (AvgIpc) is 3.04. The Bertz CT molecular complexity index is 759. The van der Waals surface area contributed by atoms with E-state index in [4.69, 9.17) is 0 Å². The van der Waals surface area contributed by atoms with E-state index in [-0.39, 0.29) is 11.6 Å². The summed E-state index contributed by atoms with van der Waals surface area (Å²) in [4.78, 5) is 29.6. The van der Waals surface area contributed by atoms with E-state index in [0.29, 0.717) is 24.8 Å². The highest BCUT2D eigenvalue weighted by Gasteiger charge is 2.53. The van der Waals surface area contributed by atoms with Crippen LogP contribution in [0, 0.1) is 11.3 Å². The van der Waals surface area contributed by atoms with Crippen LogP contribution in [0.4, 0.5) is 13.2 Å². The van der Waals surface area contributed by atoms with Crippen molar-refractivity contribution in [3.05, 3.63) is 29.6 Å². The number of alkyl halides is 3. The van der Waals surface area contributed by atoms with Gasteiger partial charge in [0.05, 0.1) is 22.2 Å². The molecule has 0 N–H and O–H groups in total. The van der Waals surface area contributed by atoms with Gasteiger partial charge in [-0.25, -0.2) is 0 Å². The van der Waals surface area contributed by atoms with Crippen LogP contribution in [0.2, 0.25) is 0 Å². The van der Waals surface area contributed by atoms with E-state index < -0.39 is 34.4 Å². The minimum Gasteiger partial charge on any atom is -0.317 e. The van der Waals surface area contributed by atoms with Gasteiger partial charge in [-0.05, 0) is 25.5 Å². The first-order valence-electron chi connectivity index (χ1n) is 7.60. The Balaban J connectivity index is 1.85. The lowest BCUT2D eigenvalue weighted by atomic mass is 9.95. The summed E-state index contributed by atoms with van der Waals surface area (Å²) >= 11 is 1.49. The van der Waals surface area contributed by atoms with Crippen molar-refractivity contribution in [1.82, 2.24) is 9.88 Å². The normalized spacial score (nSPS) is 27.1. The molecule has 5 nitrogen and oxygen atoms in total. The number of nitrogens with zero attached hydrogens (tertiary/aromatic N) is 3. The number of ketones is 1. The second-order valence-corrected chi connectivity index (χ2v) is 7.70. The number of thioether (sulfide) groups is 1. The van der Waals surface area contributed by atoms with Gasteiger partial charge in [0.25, 0.3) is 0 Å². The molecule has 0 spiro atoms. The number of hydrogen-bond donors (Lipinski definition) is 0. The number of rotatable bonds is 3. The summed E-state index contributed by atoms with van der Waals surface area (Å²) < 4.78 is 37.9. The standard InChI is InChI=1S/C16H14F3N3O2S/c1-15-5-4-13(23)22(15)12(8-25-15)14(24)10(6-20)11-3-2-9(7-21-11)16(17,18)19/h2-3,7,10,12H,4-5,8H2,1H3. The summed E-state index contributed by atoms with van der Waals surface area (Å²) in [5.74, 6) is -1.56. The second-order valence-electron chi connectivity index (χ2n) is 6.20. The molecule has 2 fully saturated rings. The lowest BCUT2D eigenvalue weighted by molar-refractivity contribution is -0.138. The number of halogens is 3. The molecule has 1 aromatic rings. The smallest absolute Gasteiger partial charge is 0.317 e. The number of aromatic nitrogens is 1. The number of fused-ring (bicyclic) bond motifs is 1. The third-order valence-electron chi connectivity index (χ3n) is 4.60. The van der Waals surface area contributed by atoms with Crippen molar-refractivity contribution >= 4 is 23.5 Å². The first-order chi connectivity index (χ1) is 11.7. The Morgan fingerprint density at radius 1 is 1.52 bits per heavy atom. The summed E-state index contributed by atoms with van der Waals surface area (Å²) in [6.07, 6.45) is -2.94. The van der Waals surface area contributed by atoms with Gasteiger partial charge in [-0.15, -0.1) is 11.8 Å². The van der Waals surface area contributed by atoms with Crippen LogP contribution in [0.5, 0.6) is 0 Å². The monoisotopic (exact) mass is 369 g/mol. The molecule has 0 radical (unpaired) electrons. The molecule has 1 amide bonds. The highest BCUT2D eigenvalue weighted by atomic mass is 32.2. The van der Waals surface area contributed by atoms with Crippen molar-refractivity contribution < 1.29 is 22.8 Å². The van der Waals surface area contributed by atoms with E-state index in [1.54, 1.807) is 0 Å². The number of carbonyl (C=O) groups excluding carboxylic acids is 2. The van der Waals surface area contributed by atoms with E-state index >= 15 is 0 Å². The number of amides is 1. The Labute approximate surface area is 146 Å². The zero-order chi connectivity index (χ0) is 18.4. The van der Waals surface area contributed by atoms with E-state index in [2.05, 4.69) is 4.98 Å². The van der Waals surface area contributed by atoms with E-state index in [0.717, 1.165) is 12.1 Å². The molecule has 9 heteroatoms. The Morgan fingerprint density at radius 3 is 2.80 bits per heavy atom. The van der Waals surface area contributed by atoms with Gasteiger partial charge >= 0.3 is 6.18 Å². The molecular formula is C16H14F3N3O2S. The van der Waals surface area contributed by atoms with Crippen molar-refractivity contribution in [2.24, 2.45) is 0 Å². The van der Waals surface area contributed by atoms with Crippen LogP contribution in [0.1, 0.15) is 36.9 Å². The molecular weight excluding hydrogens is 355 g/mol. The second kappa shape index (κ2) is 6.02. The third-order valence-corrected chi connectivity index (χ3v) is 6.10. The van der Waals surface area contributed by atoms with Crippen LogP contribution >= 0.6 is 11.8 Å². The molecule has 25 heavy (non-hydrogen) atoms. The summed E-state index contributed by atoms with van der Waals surface area (Å²) in [5.41, 5.74) is -0.982. The highest BCUT2D eigenvalue weighted by Crippen LogP contribution is 2.48. The predicted molar refractivity (Wildman–Crippen MR) is 83.3 cm³/mol. The molecule has 2 aliphatic rings. The molecule has 3 unspecified atom stereocenters. The average molecular weight is 369 g/mol. The minimum atomic E-state index is -4.54. The maximum atomic E-state index is 12.8. The lowest BCUT2D eigenvalue weighted by Crippen LogP contribution is -2.47. The van der Waals surface area contributed by atoms with Crippen LogP contribution in [-0.4, -0.2) is 38.2 Å². The minimum absolute atomic E-state index is 0.0363. The first-order valence-corrected chi connectivity index (χ1v) is 8.58. The maximum absolute atomic E-state index is 12.8. The lowest BCUT2D eigenvalue weighted by Gasteiger charge is -2.30. The molecule has 2 aliphatic heterocycles. The molecule has 2 saturated heterocycles. The van der Waals surface area contributed by atoms with Crippen molar-refractivity contribution in [3.8, 4) is 6.07 Å². The van der Waals surface area contributed by atoms with Crippen molar-refractivity contribution in [3.63, 3.8) is 0 Å². The van der Waals surface area contributed by atoms with Gasteiger partial charge in [-0.3, -0.25) is 14.6 Å². The van der Waals surface area contributed by atoms with Gasteiger partial charge in [-0.1, -0.05) is 0 Å². The van der Waals surface area contributed by atoms with Crippen LogP contribution in [-0.2, 0) is 15.8 Å². The van der Waals surface area contributed by atoms with Gasteiger partial charge in [0.15, 0.2) is 5.78 Å². The fourth-order valence-corrected chi connectivity index (χ4v) is 4.69. The number of nitriles is 1. The summed E-state index contributed by atoms with van der Waals surface area (Å²) in [5, 5.41) is 9.37. The molecule has 132 valence electrons. The fourth-order valence-electron chi connectivity index (χ4n) is 3.24. The van der Waals surface area contributed by atoms with Crippen LogP contribution in [0.15, 0.2) is 18.3 Å². The first kappa shape index (κ1) is 17.7. The van der Waals surface area contributed by atoms with Gasteiger partial charge in [-0.2, -0.15) is 18.4 Å². The Morgan fingerprint density at radius 2 is 2.24 bits per heavy atom. The van der Waals surface area contributed by atoms with E-state index in [1.165, 1.54) is 16.7 Å². The molecule has 0 bridgehead atoms.